The largest absolute Gasteiger partial charge is 0.294 e. The molecular formula is C14H9F2N3O. The molecule has 0 radical (unpaired) electrons. The van der Waals surface area contributed by atoms with E-state index in [9.17, 15) is 13.6 Å². The molecule has 20 heavy (non-hydrogen) atoms. The Balaban J connectivity index is 1.98. The summed E-state index contributed by atoms with van der Waals surface area (Å²) in [6.07, 6.45) is 5.63. The maximum Gasteiger partial charge on any atom is 0.171 e. The first-order valence-corrected chi connectivity index (χ1v) is 5.90. The van der Waals surface area contributed by atoms with E-state index in [1.54, 1.807) is 6.20 Å². The minimum atomic E-state index is -0.729. The Morgan fingerprint density at radius 2 is 1.95 bits per heavy atom. The average molecular weight is 273 g/mol. The molecule has 0 aliphatic carbocycles. The molecule has 2 aromatic heterocycles. The molecule has 4 nitrogen and oxygen atoms in total. The molecule has 0 aliphatic rings. The maximum atomic E-state index is 13.5. The van der Waals surface area contributed by atoms with Gasteiger partial charge in [0.2, 0.25) is 0 Å². The van der Waals surface area contributed by atoms with Crippen LogP contribution < -0.4 is 0 Å². The lowest BCUT2D eigenvalue weighted by atomic mass is 10.0. The molecule has 2 heterocycles. The lowest BCUT2D eigenvalue weighted by Gasteiger charge is -2.03. The van der Waals surface area contributed by atoms with Gasteiger partial charge in [-0.1, -0.05) is 6.07 Å². The topological polar surface area (TPSA) is 47.3 Å². The number of hydrogen-bond donors (Lipinski definition) is 0. The minimum Gasteiger partial charge on any atom is -0.294 e. The number of nitrogens with zero attached hydrogens (tertiary/aromatic N) is 3. The predicted octanol–water partition coefficient (Wildman–Crippen LogP) is 2.43. The SMILES string of the molecule is O=C(Cc1c(F)cccc1F)c1cnn2ccncc12. The van der Waals surface area contributed by atoms with Crippen LogP contribution >= 0.6 is 0 Å². The standard InChI is InChI=1S/C14H9F2N3O/c15-11-2-1-3-12(16)9(11)6-14(20)10-7-18-19-5-4-17-8-13(10)19/h1-5,7-8H,6H2. The normalized spacial score (nSPS) is 10.9. The van der Waals surface area contributed by atoms with Crippen LogP contribution in [0, 0.1) is 11.6 Å². The number of hydrogen-bond acceptors (Lipinski definition) is 3. The number of aromatic nitrogens is 3. The van der Waals surface area contributed by atoms with Gasteiger partial charge in [0.1, 0.15) is 11.6 Å². The first-order valence-electron chi connectivity index (χ1n) is 5.90. The lowest BCUT2D eigenvalue weighted by Crippen LogP contribution is -2.07. The van der Waals surface area contributed by atoms with Crippen LogP contribution in [-0.2, 0) is 6.42 Å². The molecule has 0 saturated carbocycles. The Hall–Kier alpha value is -2.63. The van der Waals surface area contributed by atoms with E-state index >= 15 is 0 Å². The summed E-state index contributed by atoms with van der Waals surface area (Å²) in [7, 11) is 0. The average Bonchev–Trinajstić information content (AvgIpc) is 2.87. The third-order valence-corrected chi connectivity index (χ3v) is 3.02. The zero-order valence-electron chi connectivity index (χ0n) is 10.3. The Morgan fingerprint density at radius 1 is 1.20 bits per heavy atom. The van der Waals surface area contributed by atoms with Gasteiger partial charge < -0.3 is 0 Å². The van der Waals surface area contributed by atoms with E-state index in [4.69, 9.17) is 0 Å². The molecule has 1 aromatic carbocycles. The van der Waals surface area contributed by atoms with E-state index < -0.39 is 17.4 Å². The molecule has 3 rings (SSSR count). The van der Waals surface area contributed by atoms with Crippen molar-refractivity contribution in [2.45, 2.75) is 6.42 Å². The third kappa shape index (κ3) is 2.05. The summed E-state index contributed by atoms with van der Waals surface area (Å²) < 4.78 is 28.6. The molecule has 0 fully saturated rings. The van der Waals surface area contributed by atoms with E-state index in [-0.39, 0.29) is 12.0 Å². The first kappa shape index (κ1) is 12.4. The van der Waals surface area contributed by atoms with Crippen molar-refractivity contribution >= 4 is 11.3 Å². The Bertz CT molecular complexity index is 778. The fourth-order valence-corrected chi connectivity index (χ4v) is 2.01. The second-order valence-corrected chi connectivity index (χ2v) is 4.26. The first-order chi connectivity index (χ1) is 9.66. The van der Waals surface area contributed by atoms with Crippen LogP contribution in [0.15, 0.2) is 43.0 Å². The van der Waals surface area contributed by atoms with Gasteiger partial charge in [-0.15, -0.1) is 0 Å². The van der Waals surface area contributed by atoms with Crippen LogP contribution in [0.25, 0.3) is 5.52 Å². The number of Topliss-reactive ketones (excluding diaryl/α,β-unsaturated/α-hetero) is 1. The van der Waals surface area contributed by atoms with Gasteiger partial charge in [0.05, 0.1) is 23.5 Å². The van der Waals surface area contributed by atoms with E-state index in [2.05, 4.69) is 10.1 Å². The zero-order valence-corrected chi connectivity index (χ0v) is 10.3. The van der Waals surface area contributed by atoms with Crippen LogP contribution in [-0.4, -0.2) is 20.4 Å². The minimum absolute atomic E-state index is 0.235. The molecule has 100 valence electrons. The van der Waals surface area contributed by atoms with Crippen molar-refractivity contribution in [3.8, 4) is 0 Å². The molecular weight excluding hydrogens is 264 g/mol. The van der Waals surface area contributed by atoms with Crippen molar-refractivity contribution in [3.05, 3.63) is 65.7 Å². The summed E-state index contributed by atoms with van der Waals surface area (Å²) in [5.41, 5.74) is 0.566. The van der Waals surface area contributed by atoms with Crippen LogP contribution in [0.5, 0.6) is 0 Å². The second-order valence-electron chi connectivity index (χ2n) is 4.26. The Morgan fingerprint density at radius 3 is 2.70 bits per heavy atom. The van der Waals surface area contributed by atoms with Crippen molar-refractivity contribution in [2.75, 3.05) is 0 Å². The highest BCUT2D eigenvalue weighted by Gasteiger charge is 2.17. The molecule has 3 aromatic rings. The highest BCUT2D eigenvalue weighted by atomic mass is 19.1. The van der Waals surface area contributed by atoms with Gasteiger partial charge in [-0.25, -0.2) is 13.3 Å². The van der Waals surface area contributed by atoms with E-state index in [0.29, 0.717) is 11.1 Å². The summed E-state index contributed by atoms with van der Waals surface area (Å²) in [5, 5.41) is 3.99. The molecule has 0 unspecified atom stereocenters. The van der Waals surface area contributed by atoms with Crippen molar-refractivity contribution < 1.29 is 13.6 Å². The second kappa shape index (κ2) is 4.80. The van der Waals surface area contributed by atoms with Crippen LogP contribution in [0.4, 0.5) is 8.78 Å². The number of carbonyl (C=O) groups is 1. The highest BCUT2D eigenvalue weighted by Crippen LogP contribution is 2.17. The maximum absolute atomic E-state index is 13.5. The van der Waals surface area contributed by atoms with Crippen molar-refractivity contribution in [1.82, 2.24) is 14.6 Å². The van der Waals surface area contributed by atoms with Gasteiger partial charge >= 0.3 is 0 Å². The van der Waals surface area contributed by atoms with Crippen molar-refractivity contribution in [3.63, 3.8) is 0 Å². The van der Waals surface area contributed by atoms with Crippen molar-refractivity contribution in [2.24, 2.45) is 0 Å². The number of fused-ring (bicyclic) bond motifs is 1. The summed E-state index contributed by atoms with van der Waals surface area (Å²) in [6, 6.07) is 3.52. The van der Waals surface area contributed by atoms with Gasteiger partial charge in [0, 0.05) is 24.4 Å². The van der Waals surface area contributed by atoms with Crippen LogP contribution in [0.3, 0.4) is 0 Å². The smallest absolute Gasteiger partial charge is 0.171 e. The lowest BCUT2D eigenvalue weighted by molar-refractivity contribution is 0.0992. The molecule has 0 spiro atoms. The monoisotopic (exact) mass is 273 g/mol. The Labute approximate surface area is 112 Å². The molecule has 6 heteroatoms. The molecule has 0 N–H and O–H groups in total. The van der Waals surface area contributed by atoms with E-state index in [1.807, 2.05) is 0 Å². The van der Waals surface area contributed by atoms with Gasteiger partial charge in [0.25, 0.3) is 0 Å². The molecule has 0 amide bonds. The number of rotatable bonds is 3. The van der Waals surface area contributed by atoms with Crippen LogP contribution in [0.1, 0.15) is 15.9 Å². The summed E-state index contributed by atoms with van der Waals surface area (Å²) in [4.78, 5) is 16.1. The quantitative estimate of drug-likeness (QED) is 0.688. The Kier molecular flexibility index (Phi) is 2.98. The van der Waals surface area contributed by atoms with Crippen LogP contribution in [0.2, 0.25) is 0 Å². The zero-order chi connectivity index (χ0) is 14.1. The van der Waals surface area contributed by atoms with E-state index in [0.717, 1.165) is 12.1 Å². The van der Waals surface area contributed by atoms with Gasteiger partial charge in [-0.05, 0) is 12.1 Å². The molecule has 0 bridgehead atoms. The predicted molar refractivity (Wildman–Crippen MR) is 67.4 cm³/mol. The summed E-state index contributed by atoms with van der Waals surface area (Å²) >= 11 is 0. The molecule has 0 saturated heterocycles. The van der Waals surface area contributed by atoms with Gasteiger partial charge in [-0.2, -0.15) is 5.10 Å². The number of benzene rings is 1. The number of ketones is 1. The molecule has 0 aliphatic heterocycles. The van der Waals surface area contributed by atoms with Crippen molar-refractivity contribution in [1.29, 1.82) is 0 Å². The van der Waals surface area contributed by atoms with Gasteiger partial charge in [0.15, 0.2) is 5.78 Å². The molecule has 0 atom stereocenters. The third-order valence-electron chi connectivity index (χ3n) is 3.02. The van der Waals surface area contributed by atoms with E-state index in [1.165, 1.54) is 29.2 Å². The van der Waals surface area contributed by atoms with Gasteiger partial charge in [-0.3, -0.25) is 9.78 Å². The summed E-state index contributed by atoms with van der Waals surface area (Å²) in [6.45, 7) is 0. The number of carbonyl (C=O) groups excluding carboxylic acids is 1. The summed E-state index contributed by atoms with van der Waals surface area (Å²) in [5.74, 6) is -1.86. The fraction of sp³-hybridized carbons (Fsp3) is 0.0714. The highest BCUT2D eigenvalue weighted by molar-refractivity contribution is 6.03. The number of halogens is 2. The fourth-order valence-electron chi connectivity index (χ4n) is 2.01.